The minimum Gasteiger partial charge on any atom is -0.309 e. The molecule has 0 aliphatic heterocycles. The molecule has 0 saturated carbocycles. The summed E-state index contributed by atoms with van der Waals surface area (Å²) in [6.45, 7) is 3.54. The van der Waals surface area contributed by atoms with Crippen LogP contribution in [0.2, 0.25) is 5.02 Å². The SMILES string of the molecule is CCCc1cnc(NS(=O)(=O)CC)nc1-c1ccc(Cl)c(=O)n1C. The van der Waals surface area contributed by atoms with Crippen LogP contribution >= 0.6 is 11.6 Å². The Hall–Kier alpha value is -1.93. The first-order valence-corrected chi connectivity index (χ1v) is 9.54. The maximum Gasteiger partial charge on any atom is 0.269 e. The van der Waals surface area contributed by atoms with E-state index in [9.17, 15) is 13.2 Å². The van der Waals surface area contributed by atoms with Crippen molar-refractivity contribution in [3.05, 3.63) is 39.3 Å². The molecule has 2 aromatic rings. The summed E-state index contributed by atoms with van der Waals surface area (Å²) in [4.78, 5) is 20.5. The van der Waals surface area contributed by atoms with Crippen LogP contribution in [0.3, 0.4) is 0 Å². The highest BCUT2D eigenvalue weighted by Crippen LogP contribution is 2.23. The number of sulfonamides is 1. The van der Waals surface area contributed by atoms with Gasteiger partial charge in [0.25, 0.3) is 5.56 Å². The minimum atomic E-state index is -3.49. The molecule has 0 bridgehead atoms. The Kier molecular flexibility index (Phi) is 5.61. The molecule has 0 radical (unpaired) electrons. The lowest BCUT2D eigenvalue weighted by molar-refractivity contribution is 0.602. The predicted molar refractivity (Wildman–Crippen MR) is 94.8 cm³/mol. The van der Waals surface area contributed by atoms with Crippen LogP contribution in [0, 0.1) is 0 Å². The van der Waals surface area contributed by atoms with E-state index < -0.39 is 10.0 Å². The van der Waals surface area contributed by atoms with Gasteiger partial charge in [0.2, 0.25) is 16.0 Å². The summed E-state index contributed by atoms with van der Waals surface area (Å²) in [5.41, 5.74) is 1.55. The van der Waals surface area contributed by atoms with Crippen LogP contribution in [0.4, 0.5) is 5.95 Å². The summed E-state index contributed by atoms with van der Waals surface area (Å²) in [6, 6.07) is 3.19. The van der Waals surface area contributed by atoms with E-state index in [0.717, 1.165) is 12.0 Å². The zero-order valence-corrected chi connectivity index (χ0v) is 15.3. The fourth-order valence-corrected chi connectivity index (χ4v) is 2.89. The largest absolute Gasteiger partial charge is 0.309 e. The summed E-state index contributed by atoms with van der Waals surface area (Å²) in [5, 5.41) is 0.110. The quantitative estimate of drug-likeness (QED) is 0.841. The summed E-state index contributed by atoms with van der Waals surface area (Å²) in [7, 11) is -1.89. The Morgan fingerprint density at radius 3 is 2.62 bits per heavy atom. The van der Waals surface area contributed by atoms with Crippen LogP contribution in [0.15, 0.2) is 23.1 Å². The molecule has 2 aromatic heterocycles. The van der Waals surface area contributed by atoms with Crippen LogP contribution in [0.1, 0.15) is 25.8 Å². The van der Waals surface area contributed by atoms with Crippen molar-refractivity contribution in [1.82, 2.24) is 14.5 Å². The monoisotopic (exact) mass is 370 g/mol. The molecule has 0 aliphatic carbocycles. The van der Waals surface area contributed by atoms with Crippen molar-refractivity contribution in [2.75, 3.05) is 10.5 Å². The molecule has 24 heavy (non-hydrogen) atoms. The van der Waals surface area contributed by atoms with Gasteiger partial charge in [-0.1, -0.05) is 24.9 Å². The van der Waals surface area contributed by atoms with Crippen LogP contribution in [0.25, 0.3) is 11.4 Å². The highest BCUT2D eigenvalue weighted by atomic mass is 35.5. The molecule has 7 nitrogen and oxygen atoms in total. The van der Waals surface area contributed by atoms with E-state index in [1.807, 2.05) is 6.92 Å². The number of nitrogens with one attached hydrogen (secondary N) is 1. The van der Waals surface area contributed by atoms with Gasteiger partial charge in [-0.3, -0.25) is 9.52 Å². The Bertz CT molecular complexity index is 909. The number of halogens is 1. The second kappa shape index (κ2) is 7.31. The smallest absolute Gasteiger partial charge is 0.269 e. The normalized spacial score (nSPS) is 11.5. The third-order valence-corrected chi connectivity index (χ3v) is 5.05. The third-order valence-electron chi connectivity index (χ3n) is 3.51. The summed E-state index contributed by atoms with van der Waals surface area (Å²) in [5.74, 6) is -0.101. The molecule has 0 aromatic carbocycles. The first kappa shape index (κ1) is 18.4. The number of nitrogens with zero attached hydrogens (tertiary/aromatic N) is 3. The molecule has 0 amide bonds. The Morgan fingerprint density at radius 2 is 2.00 bits per heavy atom. The number of hydrogen-bond donors (Lipinski definition) is 1. The second-order valence-electron chi connectivity index (χ2n) is 5.25. The van der Waals surface area contributed by atoms with Crippen molar-refractivity contribution >= 4 is 27.6 Å². The molecule has 0 saturated heterocycles. The number of rotatable bonds is 6. The van der Waals surface area contributed by atoms with Gasteiger partial charge in [-0.15, -0.1) is 0 Å². The van der Waals surface area contributed by atoms with Gasteiger partial charge in [-0.05, 0) is 31.0 Å². The average molecular weight is 371 g/mol. The van der Waals surface area contributed by atoms with E-state index in [1.165, 1.54) is 17.6 Å². The number of anilines is 1. The number of aryl methyl sites for hydroxylation is 1. The lowest BCUT2D eigenvalue weighted by Crippen LogP contribution is -2.20. The summed E-state index contributed by atoms with van der Waals surface area (Å²) in [6.07, 6.45) is 3.14. The molecule has 2 rings (SSSR count). The lowest BCUT2D eigenvalue weighted by atomic mass is 10.1. The zero-order valence-electron chi connectivity index (χ0n) is 13.7. The van der Waals surface area contributed by atoms with Gasteiger partial charge in [-0.25, -0.2) is 18.4 Å². The average Bonchev–Trinajstić information content (AvgIpc) is 2.54. The van der Waals surface area contributed by atoms with Gasteiger partial charge in [0, 0.05) is 13.2 Å². The van der Waals surface area contributed by atoms with E-state index in [4.69, 9.17) is 11.6 Å². The van der Waals surface area contributed by atoms with Gasteiger partial charge in [0.1, 0.15) is 5.02 Å². The first-order chi connectivity index (χ1) is 11.3. The fourth-order valence-electron chi connectivity index (χ4n) is 2.18. The Balaban J connectivity index is 2.62. The van der Waals surface area contributed by atoms with Gasteiger partial charge in [-0.2, -0.15) is 0 Å². The van der Waals surface area contributed by atoms with Gasteiger partial charge < -0.3 is 4.57 Å². The summed E-state index contributed by atoms with van der Waals surface area (Å²) >= 11 is 5.85. The molecule has 0 spiro atoms. The van der Waals surface area contributed by atoms with Gasteiger partial charge in [0.05, 0.1) is 17.1 Å². The van der Waals surface area contributed by atoms with Crippen molar-refractivity contribution < 1.29 is 8.42 Å². The van der Waals surface area contributed by atoms with Gasteiger partial charge >= 0.3 is 0 Å². The summed E-state index contributed by atoms with van der Waals surface area (Å²) < 4.78 is 27.2. The molecule has 9 heteroatoms. The van der Waals surface area contributed by atoms with E-state index in [1.54, 1.807) is 19.3 Å². The maximum absolute atomic E-state index is 12.1. The fraction of sp³-hybridized carbons (Fsp3) is 0.400. The second-order valence-corrected chi connectivity index (χ2v) is 7.67. The van der Waals surface area contributed by atoms with Gasteiger partial charge in [0.15, 0.2) is 0 Å². The molecule has 0 atom stereocenters. The molecule has 0 aliphatic rings. The first-order valence-electron chi connectivity index (χ1n) is 7.51. The molecular formula is C15H19ClN4O3S. The van der Waals surface area contributed by atoms with E-state index >= 15 is 0 Å². The number of hydrogen-bond acceptors (Lipinski definition) is 5. The van der Waals surface area contributed by atoms with Crippen LogP contribution < -0.4 is 10.3 Å². The van der Waals surface area contributed by atoms with E-state index in [-0.39, 0.29) is 22.3 Å². The van der Waals surface area contributed by atoms with Crippen LogP contribution in [-0.2, 0) is 23.5 Å². The third kappa shape index (κ3) is 3.93. The Morgan fingerprint density at radius 1 is 1.29 bits per heavy atom. The zero-order chi connectivity index (χ0) is 17.9. The van der Waals surface area contributed by atoms with Crippen molar-refractivity contribution in [2.45, 2.75) is 26.7 Å². The predicted octanol–water partition coefficient (Wildman–Crippen LogP) is 2.21. The van der Waals surface area contributed by atoms with Crippen molar-refractivity contribution in [3.63, 3.8) is 0 Å². The minimum absolute atomic E-state index is 0.0193. The van der Waals surface area contributed by atoms with Crippen molar-refractivity contribution in [1.29, 1.82) is 0 Å². The molecule has 0 unspecified atom stereocenters. The van der Waals surface area contributed by atoms with Crippen LogP contribution in [-0.4, -0.2) is 28.7 Å². The molecular weight excluding hydrogens is 352 g/mol. The maximum atomic E-state index is 12.1. The number of aromatic nitrogens is 3. The Labute approximate surface area is 145 Å². The topological polar surface area (TPSA) is 94.0 Å². The number of pyridine rings is 1. The lowest BCUT2D eigenvalue weighted by Gasteiger charge is -2.13. The molecule has 0 fully saturated rings. The highest BCUT2D eigenvalue weighted by molar-refractivity contribution is 7.92. The molecule has 130 valence electrons. The van der Waals surface area contributed by atoms with Crippen molar-refractivity contribution in [3.8, 4) is 11.4 Å². The van der Waals surface area contributed by atoms with Crippen molar-refractivity contribution in [2.24, 2.45) is 7.05 Å². The highest BCUT2D eigenvalue weighted by Gasteiger charge is 2.16. The van der Waals surface area contributed by atoms with Crippen LogP contribution in [0.5, 0.6) is 0 Å². The van der Waals surface area contributed by atoms with E-state index in [2.05, 4.69) is 14.7 Å². The standard InChI is InChI=1S/C15H19ClN4O3S/c1-4-6-10-9-17-15(19-24(22,23)5-2)18-13(10)12-8-7-11(16)14(21)20(12)3/h7-9H,4-6H2,1-3H3,(H,17,18,19). The molecule has 1 N–H and O–H groups in total. The van der Waals surface area contributed by atoms with E-state index in [0.29, 0.717) is 17.8 Å². The molecule has 2 heterocycles.